The smallest absolute Gasteiger partial charge is 0.191 e. The number of hydrogen-bond acceptors (Lipinski definition) is 4. The summed E-state index contributed by atoms with van der Waals surface area (Å²) < 4.78 is 5.54. The average molecular weight is 377 g/mol. The molecule has 2 unspecified atom stereocenters. The van der Waals surface area contributed by atoms with Gasteiger partial charge in [-0.25, -0.2) is 0 Å². The number of hydrogen-bond donors (Lipinski definition) is 2. The van der Waals surface area contributed by atoms with Gasteiger partial charge in [0.2, 0.25) is 0 Å². The standard InChI is InChI=1S/C20H32N4OS/c1-2-21-20(22-15-18-9-6-14-26-18)23-16-19(17-7-4-3-5-8-17)24-10-12-25-13-11-24/h3-5,7-8,18-19H,2,6,9-16H2,1H3,(H2,21,22,23). The van der Waals surface area contributed by atoms with Crippen molar-refractivity contribution in [1.82, 2.24) is 15.5 Å². The number of nitrogens with zero attached hydrogens (tertiary/aromatic N) is 2. The Morgan fingerprint density at radius 1 is 1.27 bits per heavy atom. The second-order valence-electron chi connectivity index (χ2n) is 6.81. The van der Waals surface area contributed by atoms with Gasteiger partial charge in [-0.1, -0.05) is 30.3 Å². The fourth-order valence-electron chi connectivity index (χ4n) is 3.53. The van der Waals surface area contributed by atoms with Crippen LogP contribution in [0.25, 0.3) is 0 Å². The Labute approximate surface area is 162 Å². The molecule has 0 aromatic heterocycles. The summed E-state index contributed by atoms with van der Waals surface area (Å²) in [4.78, 5) is 7.43. The first-order valence-corrected chi connectivity index (χ1v) is 10.9. The predicted octanol–water partition coefficient (Wildman–Crippen LogP) is 2.51. The predicted molar refractivity (Wildman–Crippen MR) is 111 cm³/mol. The van der Waals surface area contributed by atoms with Gasteiger partial charge in [0.05, 0.1) is 25.8 Å². The summed E-state index contributed by atoms with van der Waals surface area (Å²) in [5, 5.41) is 7.67. The fourth-order valence-corrected chi connectivity index (χ4v) is 4.73. The van der Waals surface area contributed by atoms with Crippen molar-refractivity contribution in [1.29, 1.82) is 0 Å². The molecule has 1 aromatic rings. The molecule has 0 radical (unpaired) electrons. The molecular formula is C20H32N4OS. The van der Waals surface area contributed by atoms with Crippen molar-refractivity contribution < 1.29 is 4.74 Å². The minimum Gasteiger partial charge on any atom is -0.379 e. The zero-order valence-electron chi connectivity index (χ0n) is 15.8. The number of aliphatic imine (C=N–C) groups is 1. The summed E-state index contributed by atoms with van der Waals surface area (Å²) in [6, 6.07) is 11.0. The first-order chi connectivity index (χ1) is 12.9. The number of rotatable bonds is 7. The number of thioether (sulfide) groups is 1. The van der Waals surface area contributed by atoms with Crippen LogP contribution in [0.5, 0.6) is 0 Å². The van der Waals surface area contributed by atoms with E-state index in [1.807, 2.05) is 0 Å². The minimum atomic E-state index is 0.302. The third-order valence-corrected chi connectivity index (χ3v) is 6.36. The lowest BCUT2D eigenvalue weighted by Crippen LogP contribution is -2.42. The second-order valence-corrected chi connectivity index (χ2v) is 8.22. The number of morpholine rings is 1. The van der Waals surface area contributed by atoms with E-state index >= 15 is 0 Å². The lowest BCUT2D eigenvalue weighted by atomic mass is 10.1. The van der Waals surface area contributed by atoms with E-state index in [1.165, 1.54) is 24.2 Å². The van der Waals surface area contributed by atoms with Crippen molar-refractivity contribution in [3.8, 4) is 0 Å². The molecule has 0 amide bonds. The molecule has 2 heterocycles. The largest absolute Gasteiger partial charge is 0.379 e. The van der Waals surface area contributed by atoms with Gasteiger partial charge in [0.15, 0.2) is 5.96 Å². The lowest BCUT2D eigenvalue weighted by molar-refractivity contribution is 0.0180. The van der Waals surface area contributed by atoms with Crippen LogP contribution in [0.3, 0.4) is 0 Å². The van der Waals surface area contributed by atoms with E-state index in [1.54, 1.807) is 0 Å². The van der Waals surface area contributed by atoms with Gasteiger partial charge in [-0.05, 0) is 31.1 Å². The highest BCUT2D eigenvalue weighted by Crippen LogP contribution is 2.25. The topological polar surface area (TPSA) is 48.9 Å². The maximum atomic E-state index is 5.54. The third kappa shape index (κ3) is 5.89. The fraction of sp³-hybridized carbons (Fsp3) is 0.650. The molecule has 0 spiro atoms. The van der Waals surface area contributed by atoms with Crippen LogP contribution in [0.2, 0.25) is 0 Å². The Hall–Kier alpha value is -1.24. The number of ether oxygens (including phenoxy) is 1. The Balaban J connectivity index is 1.65. The van der Waals surface area contributed by atoms with E-state index in [4.69, 9.17) is 9.73 Å². The Morgan fingerprint density at radius 3 is 2.77 bits per heavy atom. The van der Waals surface area contributed by atoms with E-state index in [0.717, 1.165) is 57.1 Å². The Kier molecular flexibility index (Phi) is 8.11. The van der Waals surface area contributed by atoms with Gasteiger partial charge in [-0.3, -0.25) is 9.89 Å². The molecule has 1 aromatic carbocycles. The second kappa shape index (κ2) is 10.8. The Bertz CT molecular complexity index is 542. The highest BCUT2D eigenvalue weighted by Gasteiger charge is 2.22. The van der Waals surface area contributed by atoms with Crippen LogP contribution in [0.15, 0.2) is 35.3 Å². The molecule has 2 aliphatic heterocycles. The van der Waals surface area contributed by atoms with Gasteiger partial charge in [-0.15, -0.1) is 0 Å². The van der Waals surface area contributed by atoms with E-state index in [-0.39, 0.29) is 0 Å². The van der Waals surface area contributed by atoms with Crippen LogP contribution >= 0.6 is 11.8 Å². The van der Waals surface area contributed by atoms with Gasteiger partial charge in [0.1, 0.15) is 0 Å². The Morgan fingerprint density at radius 2 is 2.08 bits per heavy atom. The van der Waals surface area contributed by atoms with Crippen molar-refractivity contribution in [2.75, 3.05) is 51.7 Å². The van der Waals surface area contributed by atoms with Gasteiger partial charge in [0, 0.05) is 31.4 Å². The van der Waals surface area contributed by atoms with E-state index in [9.17, 15) is 0 Å². The van der Waals surface area contributed by atoms with Crippen LogP contribution < -0.4 is 10.6 Å². The van der Waals surface area contributed by atoms with Gasteiger partial charge in [0.25, 0.3) is 0 Å². The molecule has 2 N–H and O–H groups in total. The summed E-state index contributed by atoms with van der Waals surface area (Å²) in [5.41, 5.74) is 1.33. The number of nitrogens with one attached hydrogen (secondary N) is 2. The summed E-state index contributed by atoms with van der Waals surface area (Å²) in [7, 11) is 0. The molecule has 2 saturated heterocycles. The monoisotopic (exact) mass is 376 g/mol. The number of benzene rings is 1. The maximum absolute atomic E-state index is 5.54. The van der Waals surface area contributed by atoms with Crippen molar-refractivity contribution >= 4 is 17.7 Å². The van der Waals surface area contributed by atoms with Crippen LogP contribution in [0, 0.1) is 0 Å². The summed E-state index contributed by atoms with van der Waals surface area (Å²) in [5.74, 6) is 2.24. The third-order valence-electron chi connectivity index (χ3n) is 4.96. The number of guanidine groups is 1. The molecule has 6 heteroatoms. The van der Waals surface area contributed by atoms with Crippen molar-refractivity contribution in [2.45, 2.75) is 31.1 Å². The van der Waals surface area contributed by atoms with Crippen LogP contribution in [0.4, 0.5) is 0 Å². The molecule has 0 saturated carbocycles. The molecule has 2 fully saturated rings. The van der Waals surface area contributed by atoms with Crippen LogP contribution in [-0.2, 0) is 4.74 Å². The first-order valence-electron chi connectivity index (χ1n) is 9.87. The maximum Gasteiger partial charge on any atom is 0.191 e. The molecule has 2 atom stereocenters. The average Bonchev–Trinajstić information content (AvgIpc) is 3.21. The molecule has 26 heavy (non-hydrogen) atoms. The molecule has 5 nitrogen and oxygen atoms in total. The summed E-state index contributed by atoms with van der Waals surface area (Å²) in [6.07, 6.45) is 2.66. The normalized spacial score (nSPS) is 23.0. The van der Waals surface area contributed by atoms with E-state index in [2.05, 4.69) is 64.6 Å². The highest BCUT2D eigenvalue weighted by molar-refractivity contribution is 8.00. The van der Waals surface area contributed by atoms with Crippen molar-refractivity contribution in [2.24, 2.45) is 4.99 Å². The minimum absolute atomic E-state index is 0.302. The van der Waals surface area contributed by atoms with E-state index < -0.39 is 0 Å². The van der Waals surface area contributed by atoms with E-state index in [0.29, 0.717) is 6.04 Å². The zero-order chi connectivity index (χ0) is 18.0. The zero-order valence-corrected chi connectivity index (χ0v) is 16.6. The van der Waals surface area contributed by atoms with Crippen molar-refractivity contribution in [3.05, 3.63) is 35.9 Å². The van der Waals surface area contributed by atoms with Gasteiger partial charge < -0.3 is 15.4 Å². The lowest BCUT2D eigenvalue weighted by Gasteiger charge is -2.34. The molecule has 3 rings (SSSR count). The quantitative estimate of drug-likeness (QED) is 0.566. The molecule has 2 aliphatic rings. The highest BCUT2D eigenvalue weighted by atomic mass is 32.2. The van der Waals surface area contributed by atoms with Crippen LogP contribution in [0.1, 0.15) is 31.4 Å². The van der Waals surface area contributed by atoms with Crippen molar-refractivity contribution in [3.63, 3.8) is 0 Å². The first kappa shape index (κ1) is 19.5. The molecule has 0 aliphatic carbocycles. The summed E-state index contributed by atoms with van der Waals surface area (Å²) in [6.45, 7) is 8.33. The molecular weight excluding hydrogens is 344 g/mol. The van der Waals surface area contributed by atoms with Gasteiger partial charge in [-0.2, -0.15) is 11.8 Å². The summed E-state index contributed by atoms with van der Waals surface area (Å²) >= 11 is 2.08. The molecule has 0 bridgehead atoms. The van der Waals surface area contributed by atoms with Crippen LogP contribution in [-0.4, -0.2) is 67.8 Å². The SMILES string of the molecule is CCNC(=NCC(c1ccccc1)N1CCOCC1)NCC1CCCS1. The van der Waals surface area contributed by atoms with Gasteiger partial charge >= 0.3 is 0 Å². The molecule has 144 valence electrons.